The van der Waals surface area contributed by atoms with E-state index in [2.05, 4.69) is 37.7 Å². The third-order valence-electron chi connectivity index (χ3n) is 2.73. The molecule has 0 unspecified atom stereocenters. The fourth-order valence-electron chi connectivity index (χ4n) is 1.59. The van der Waals surface area contributed by atoms with Crippen LogP contribution in [0.4, 0.5) is 0 Å². The van der Waals surface area contributed by atoms with Crippen LogP contribution in [-0.4, -0.2) is 49.6 Å². The predicted molar refractivity (Wildman–Crippen MR) is 53.4 cm³/mol. The maximum Gasteiger partial charge on any atom is 0.0347 e. The Hall–Kier alpha value is -0.0800. The second kappa shape index (κ2) is 4.24. The molecule has 1 heterocycles. The number of nitrogens with zero attached hydrogens (tertiary/aromatic N) is 2. The lowest BCUT2D eigenvalue weighted by Gasteiger charge is -2.42. The Balaban J connectivity index is 2.08. The topological polar surface area (TPSA) is 6.48 Å². The van der Waals surface area contributed by atoms with Crippen molar-refractivity contribution in [2.75, 3.05) is 33.7 Å². The van der Waals surface area contributed by atoms with Gasteiger partial charge in [-0.2, -0.15) is 0 Å². The van der Waals surface area contributed by atoms with Crippen LogP contribution >= 0.6 is 0 Å². The highest BCUT2D eigenvalue weighted by Crippen LogP contribution is 2.12. The number of hydrogen-bond acceptors (Lipinski definition) is 2. The van der Waals surface area contributed by atoms with E-state index in [0.717, 1.165) is 12.0 Å². The van der Waals surface area contributed by atoms with Gasteiger partial charge < -0.3 is 9.80 Å². The molecule has 12 heavy (non-hydrogen) atoms. The van der Waals surface area contributed by atoms with Crippen LogP contribution in [0.3, 0.4) is 0 Å². The summed E-state index contributed by atoms with van der Waals surface area (Å²) in [6.45, 7) is 8.36. The normalized spacial score (nSPS) is 20.5. The van der Waals surface area contributed by atoms with Gasteiger partial charge in [0.1, 0.15) is 0 Å². The lowest BCUT2D eigenvalue weighted by atomic mass is 10.1. The van der Waals surface area contributed by atoms with Crippen LogP contribution in [-0.2, 0) is 0 Å². The van der Waals surface area contributed by atoms with Crippen LogP contribution in [0.1, 0.15) is 20.3 Å². The molecule has 0 radical (unpaired) electrons. The van der Waals surface area contributed by atoms with Gasteiger partial charge in [-0.1, -0.05) is 13.8 Å². The number of hydrogen-bond donors (Lipinski definition) is 0. The molecule has 2 nitrogen and oxygen atoms in total. The summed E-state index contributed by atoms with van der Waals surface area (Å²) in [5, 5.41) is 0. The monoisotopic (exact) mass is 170 g/mol. The van der Waals surface area contributed by atoms with Crippen molar-refractivity contribution in [2.24, 2.45) is 5.92 Å². The van der Waals surface area contributed by atoms with Gasteiger partial charge in [-0.15, -0.1) is 0 Å². The van der Waals surface area contributed by atoms with E-state index < -0.39 is 0 Å². The van der Waals surface area contributed by atoms with Crippen LogP contribution in [0.25, 0.3) is 0 Å². The molecular weight excluding hydrogens is 148 g/mol. The molecule has 1 rings (SSSR count). The first-order chi connectivity index (χ1) is 5.59. The zero-order valence-electron chi connectivity index (χ0n) is 8.88. The Kier molecular flexibility index (Phi) is 3.53. The van der Waals surface area contributed by atoms with Gasteiger partial charge in [-0.3, -0.25) is 0 Å². The largest absolute Gasteiger partial charge is 0.303 e. The zero-order valence-corrected chi connectivity index (χ0v) is 8.88. The Morgan fingerprint density at radius 1 is 1.42 bits per heavy atom. The van der Waals surface area contributed by atoms with Crippen molar-refractivity contribution in [2.45, 2.75) is 26.3 Å². The molecule has 1 aliphatic heterocycles. The van der Waals surface area contributed by atoms with E-state index in [9.17, 15) is 0 Å². The molecule has 0 aromatic rings. The molecule has 72 valence electrons. The molecule has 1 saturated heterocycles. The molecule has 0 bridgehead atoms. The highest BCUT2D eigenvalue weighted by atomic mass is 15.3. The molecule has 0 spiro atoms. The molecule has 2 heteroatoms. The third-order valence-corrected chi connectivity index (χ3v) is 2.73. The maximum atomic E-state index is 2.50. The van der Waals surface area contributed by atoms with E-state index >= 15 is 0 Å². The molecule has 0 aromatic heterocycles. The lowest BCUT2D eigenvalue weighted by Crippen LogP contribution is -2.56. The van der Waals surface area contributed by atoms with Crippen molar-refractivity contribution < 1.29 is 0 Å². The van der Waals surface area contributed by atoms with Crippen molar-refractivity contribution in [3.8, 4) is 0 Å². The Morgan fingerprint density at radius 2 is 2.00 bits per heavy atom. The van der Waals surface area contributed by atoms with E-state index in [4.69, 9.17) is 0 Å². The van der Waals surface area contributed by atoms with Gasteiger partial charge in [-0.25, -0.2) is 0 Å². The fourth-order valence-corrected chi connectivity index (χ4v) is 1.59. The van der Waals surface area contributed by atoms with E-state index in [1.54, 1.807) is 0 Å². The molecule has 0 amide bonds. The van der Waals surface area contributed by atoms with Crippen molar-refractivity contribution in [3.05, 3.63) is 0 Å². The summed E-state index contributed by atoms with van der Waals surface area (Å²) in [6.07, 6.45) is 1.33. The second-order valence-electron chi connectivity index (χ2n) is 4.54. The quantitative estimate of drug-likeness (QED) is 0.627. The Labute approximate surface area is 76.5 Å². The van der Waals surface area contributed by atoms with Crippen LogP contribution in [0, 0.1) is 5.92 Å². The van der Waals surface area contributed by atoms with Gasteiger partial charge in [0.25, 0.3) is 0 Å². The van der Waals surface area contributed by atoms with Gasteiger partial charge in [0, 0.05) is 19.1 Å². The smallest absolute Gasteiger partial charge is 0.0347 e. The third kappa shape index (κ3) is 2.76. The standard InChI is InChI=1S/C10H22N2/c1-9(2)5-6-12(4)10-7-11(3)8-10/h9-10H,5-8H2,1-4H3. The molecule has 0 aromatic carbocycles. The maximum absolute atomic E-state index is 2.50. The van der Waals surface area contributed by atoms with Crippen LogP contribution in [0.5, 0.6) is 0 Å². The minimum atomic E-state index is 0.828. The predicted octanol–water partition coefficient (Wildman–Crippen LogP) is 1.28. The molecule has 0 aliphatic carbocycles. The van der Waals surface area contributed by atoms with E-state index in [1.165, 1.54) is 26.1 Å². The van der Waals surface area contributed by atoms with Gasteiger partial charge in [0.2, 0.25) is 0 Å². The van der Waals surface area contributed by atoms with Gasteiger partial charge in [-0.05, 0) is 33.0 Å². The molecular formula is C10H22N2. The van der Waals surface area contributed by atoms with Crippen molar-refractivity contribution in [1.29, 1.82) is 0 Å². The Morgan fingerprint density at radius 3 is 2.42 bits per heavy atom. The van der Waals surface area contributed by atoms with Crippen molar-refractivity contribution in [1.82, 2.24) is 9.80 Å². The zero-order chi connectivity index (χ0) is 9.14. The lowest BCUT2D eigenvalue weighted by molar-refractivity contribution is 0.0678. The Bertz CT molecular complexity index is 128. The van der Waals surface area contributed by atoms with Gasteiger partial charge in [0.15, 0.2) is 0 Å². The summed E-state index contributed by atoms with van der Waals surface area (Å²) in [4.78, 5) is 4.87. The fraction of sp³-hybridized carbons (Fsp3) is 1.00. The highest BCUT2D eigenvalue weighted by molar-refractivity contribution is 4.84. The van der Waals surface area contributed by atoms with Crippen LogP contribution in [0.2, 0.25) is 0 Å². The van der Waals surface area contributed by atoms with Gasteiger partial charge >= 0.3 is 0 Å². The average Bonchev–Trinajstić information content (AvgIpc) is 1.94. The van der Waals surface area contributed by atoms with Crippen LogP contribution < -0.4 is 0 Å². The van der Waals surface area contributed by atoms with Crippen molar-refractivity contribution >= 4 is 0 Å². The summed E-state index contributed by atoms with van der Waals surface area (Å²) < 4.78 is 0. The second-order valence-corrected chi connectivity index (χ2v) is 4.54. The molecule has 1 aliphatic rings. The molecule has 0 N–H and O–H groups in total. The summed E-state index contributed by atoms with van der Waals surface area (Å²) >= 11 is 0. The SMILES string of the molecule is CC(C)CCN(C)C1CN(C)C1. The minimum Gasteiger partial charge on any atom is -0.303 e. The number of rotatable bonds is 4. The summed E-state index contributed by atoms with van der Waals surface area (Å²) in [5.41, 5.74) is 0. The van der Waals surface area contributed by atoms with E-state index in [-0.39, 0.29) is 0 Å². The average molecular weight is 170 g/mol. The highest BCUT2D eigenvalue weighted by Gasteiger charge is 2.26. The molecule has 0 saturated carbocycles. The van der Waals surface area contributed by atoms with E-state index in [0.29, 0.717) is 0 Å². The first kappa shape index (κ1) is 10.0. The van der Waals surface area contributed by atoms with Crippen molar-refractivity contribution in [3.63, 3.8) is 0 Å². The van der Waals surface area contributed by atoms with Gasteiger partial charge in [0.05, 0.1) is 0 Å². The first-order valence-corrected chi connectivity index (χ1v) is 4.98. The minimum absolute atomic E-state index is 0.828. The van der Waals surface area contributed by atoms with E-state index in [1.807, 2.05) is 0 Å². The summed E-state index contributed by atoms with van der Waals surface area (Å²) in [7, 11) is 4.44. The number of likely N-dealkylation sites (N-methyl/N-ethyl adjacent to an activating group) is 2. The first-order valence-electron chi connectivity index (χ1n) is 4.98. The molecule has 1 fully saturated rings. The number of likely N-dealkylation sites (tertiary alicyclic amines) is 1. The van der Waals surface area contributed by atoms with Crippen LogP contribution in [0.15, 0.2) is 0 Å². The summed E-state index contributed by atoms with van der Waals surface area (Å²) in [5.74, 6) is 0.838. The summed E-state index contributed by atoms with van der Waals surface area (Å²) in [6, 6.07) is 0.828. The molecule has 0 atom stereocenters.